The lowest BCUT2D eigenvalue weighted by atomic mass is 9.98. The predicted octanol–water partition coefficient (Wildman–Crippen LogP) is 4.03. The third kappa shape index (κ3) is 3.97. The molecule has 0 aliphatic heterocycles. The maximum atomic E-state index is 5.02. The van der Waals surface area contributed by atoms with E-state index in [2.05, 4.69) is 74.9 Å². The average molecular weight is 404 g/mol. The van der Waals surface area contributed by atoms with Gasteiger partial charge < -0.3 is 0 Å². The van der Waals surface area contributed by atoms with Gasteiger partial charge in [-0.25, -0.2) is 9.67 Å². The van der Waals surface area contributed by atoms with E-state index in [0.29, 0.717) is 24.1 Å². The molecule has 0 saturated carbocycles. The van der Waals surface area contributed by atoms with Crippen molar-refractivity contribution in [3.8, 4) is 22.5 Å². The highest BCUT2D eigenvalue weighted by Crippen LogP contribution is 2.30. The molecule has 4 rings (SSSR count). The van der Waals surface area contributed by atoms with E-state index in [1.807, 2.05) is 22.9 Å². The van der Waals surface area contributed by atoms with E-state index < -0.39 is 0 Å². The largest absolute Gasteiger partial charge is 0.245 e. The zero-order chi connectivity index (χ0) is 20.2. The van der Waals surface area contributed by atoms with Gasteiger partial charge in [-0.2, -0.15) is 10.3 Å². The van der Waals surface area contributed by atoms with Crippen molar-refractivity contribution in [1.82, 2.24) is 35.4 Å². The molecule has 8 heteroatoms. The van der Waals surface area contributed by atoms with Crippen molar-refractivity contribution in [1.29, 1.82) is 0 Å². The summed E-state index contributed by atoms with van der Waals surface area (Å²) in [5, 5.41) is 20.5. The number of rotatable bonds is 7. The van der Waals surface area contributed by atoms with Crippen LogP contribution in [0.4, 0.5) is 0 Å². The summed E-state index contributed by atoms with van der Waals surface area (Å²) in [5.41, 5.74) is 4.24. The molecule has 0 bridgehead atoms. The van der Waals surface area contributed by atoms with Gasteiger partial charge in [0, 0.05) is 16.8 Å². The van der Waals surface area contributed by atoms with Crippen LogP contribution in [0.2, 0.25) is 0 Å². The van der Waals surface area contributed by atoms with Crippen LogP contribution in [0.5, 0.6) is 0 Å². The lowest BCUT2D eigenvalue weighted by Crippen LogP contribution is -2.09. The molecular weight excluding hydrogens is 382 g/mol. The molecule has 2 aromatic heterocycles. The van der Waals surface area contributed by atoms with Crippen LogP contribution in [-0.2, 0) is 6.54 Å². The Labute approximate surface area is 174 Å². The molecule has 0 fully saturated rings. The summed E-state index contributed by atoms with van der Waals surface area (Å²) in [6, 6.07) is 16.5. The van der Waals surface area contributed by atoms with Gasteiger partial charge in [0.15, 0.2) is 5.82 Å². The SMILES string of the molecule is CCC(C)c1nc(C=S)nn1Cc1ccc(-c2ccccc2-c2nn[nH]n2)cc1. The summed E-state index contributed by atoms with van der Waals surface area (Å²) >= 11 is 5.02. The maximum Gasteiger partial charge on any atom is 0.205 e. The Kier molecular flexibility index (Phi) is 5.53. The van der Waals surface area contributed by atoms with Crippen LogP contribution >= 0.6 is 12.2 Å². The number of nitrogens with zero attached hydrogens (tertiary/aromatic N) is 6. The Bertz CT molecular complexity index is 1100. The second-order valence-electron chi connectivity index (χ2n) is 6.89. The van der Waals surface area contributed by atoms with Crippen LogP contribution in [0.25, 0.3) is 22.5 Å². The first-order valence-electron chi connectivity index (χ1n) is 9.51. The van der Waals surface area contributed by atoms with Crippen LogP contribution in [0.15, 0.2) is 48.5 Å². The Morgan fingerprint density at radius 2 is 1.86 bits per heavy atom. The third-order valence-corrected chi connectivity index (χ3v) is 5.20. The quantitative estimate of drug-likeness (QED) is 0.469. The fraction of sp³-hybridized carbons (Fsp3) is 0.238. The molecule has 4 aromatic rings. The summed E-state index contributed by atoms with van der Waals surface area (Å²) in [5.74, 6) is 2.47. The van der Waals surface area contributed by atoms with Gasteiger partial charge in [-0.15, -0.1) is 10.2 Å². The molecule has 7 nitrogen and oxygen atoms in total. The van der Waals surface area contributed by atoms with E-state index in [0.717, 1.165) is 34.5 Å². The van der Waals surface area contributed by atoms with E-state index in [4.69, 9.17) is 12.2 Å². The highest BCUT2D eigenvalue weighted by molar-refractivity contribution is 7.79. The number of H-pyrrole nitrogens is 1. The van der Waals surface area contributed by atoms with Gasteiger partial charge in [-0.3, -0.25) is 0 Å². The number of tetrazole rings is 1. The Balaban J connectivity index is 1.62. The molecule has 0 saturated heterocycles. The number of aromatic nitrogens is 7. The van der Waals surface area contributed by atoms with Crippen molar-refractivity contribution in [2.75, 3.05) is 0 Å². The first-order valence-corrected chi connectivity index (χ1v) is 9.98. The number of hydrogen-bond donors (Lipinski definition) is 1. The smallest absolute Gasteiger partial charge is 0.205 e. The van der Waals surface area contributed by atoms with Gasteiger partial charge in [-0.1, -0.05) is 74.6 Å². The summed E-state index contributed by atoms with van der Waals surface area (Å²) in [6.07, 6.45) is 1.00. The van der Waals surface area contributed by atoms with Gasteiger partial charge in [-0.05, 0) is 28.3 Å². The number of aromatic amines is 1. The Morgan fingerprint density at radius 1 is 1.10 bits per heavy atom. The fourth-order valence-electron chi connectivity index (χ4n) is 3.25. The summed E-state index contributed by atoms with van der Waals surface area (Å²) in [6.45, 7) is 4.96. The third-order valence-electron chi connectivity index (χ3n) is 4.99. The van der Waals surface area contributed by atoms with Crippen LogP contribution in [0.1, 0.15) is 43.4 Å². The van der Waals surface area contributed by atoms with Gasteiger partial charge in [0.25, 0.3) is 0 Å². The molecule has 2 heterocycles. The van der Waals surface area contributed by atoms with Crippen LogP contribution < -0.4 is 0 Å². The minimum Gasteiger partial charge on any atom is -0.245 e. The van der Waals surface area contributed by atoms with Gasteiger partial charge in [0.2, 0.25) is 5.82 Å². The van der Waals surface area contributed by atoms with E-state index in [9.17, 15) is 0 Å². The Hall–Kier alpha value is -3.26. The average Bonchev–Trinajstić information content (AvgIpc) is 3.44. The number of nitrogens with one attached hydrogen (secondary N) is 1. The standard InChI is InChI=1S/C21H21N7S/c1-3-14(2)21-22-19(13-29)25-28(21)12-15-8-10-16(11-9-15)17-6-4-5-7-18(17)20-23-26-27-24-20/h4-11,13-14H,3,12H2,1-2H3,(H,23,24,26,27). The molecule has 0 spiro atoms. The van der Waals surface area contributed by atoms with Crippen molar-refractivity contribution in [3.05, 3.63) is 65.7 Å². The minimum atomic E-state index is 0.326. The van der Waals surface area contributed by atoms with Crippen molar-refractivity contribution < 1.29 is 0 Å². The molecule has 1 N–H and O–H groups in total. The monoisotopic (exact) mass is 403 g/mol. The Morgan fingerprint density at radius 3 is 2.52 bits per heavy atom. The number of thiocarbonyl (C=S) groups is 1. The van der Waals surface area contributed by atoms with Gasteiger partial charge in [0.05, 0.1) is 6.54 Å². The molecule has 1 unspecified atom stereocenters. The molecule has 2 aromatic carbocycles. The normalized spacial score (nSPS) is 12.1. The number of benzene rings is 2. The van der Waals surface area contributed by atoms with E-state index >= 15 is 0 Å². The lowest BCUT2D eigenvalue weighted by Gasteiger charge is -2.11. The lowest BCUT2D eigenvalue weighted by molar-refractivity contribution is 0.576. The van der Waals surface area contributed by atoms with Crippen LogP contribution in [-0.4, -0.2) is 40.8 Å². The summed E-state index contributed by atoms with van der Waals surface area (Å²) < 4.78 is 1.95. The molecule has 1 atom stereocenters. The second-order valence-corrected chi connectivity index (χ2v) is 7.13. The van der Waals surface area contributed by atoms with Crippen molar-refractivity contribution >= 4 is 17.6 Å². The van der Waals surface area contributed by atoms with Crippen molar-refractivity contribution in [3.63, 3.8) is 0 Å². The van der Waals surface area contributed by atoms with Gasteiger partial charge >= 0.3 is 0 Å². The first-order chi connectivity index (χ1) is 14.2. The van der Waals surface area contributed by atoms with Gasteiger partial charge in [0.1, 0.15) is 5.82 Å². The molecule has 0 aliphatic carbocycles. The second kappa shape index (κ2) is 8.40. The fourth-order valence-corrected chi connectivity index (χ4v) is 3.35. The minimum absolute atomic E-state index is 0.326. The number of hydrogen-bond acceptors (Lipinski definition) is 6. The highest BCUT2D eigenvalue weighted by Gasteiger charge is 2.15. The predicted molar refractivity (Wildman–Crippen MR) is 116 cm³/mol. The summed E-state index contributed by atoms with van der Waals surface area (Å²) in [7, 11) is 0. The maximum absolute atomic E-state index is 5.02. The molecule has 0 amide bonds. The molecule has 0 radical (unpaired) electrons. The van der Waals surface area contributed by atoms with E-state index in [1.54, 1.807) is 0 Å². The first kappa shape index (κ1) is 19.1. The zero-order valence-corrected chi connectivity index (χ0v) is 17.1. The van der Waals surface area contributed by atoms with Crippen molar-refractivity contribution in [2.45, 2.75) is 32.7 Å². The molecule has 29 heavy (non-hydrogen) atoms. The van der Waals surface area contributed by atoms with E-state index in [1.165, 1.54) is 5.37 Å². The van der Waals surface area contributed by atoms with Crippen LogP contribution in [0.3, 0.4) is 0 Å². The highest BCUT2D eigenvalue weighted by atomic mass is 32.1. The topological polar surface area (TPSA) is 85.2 Å². The van der Waals surface area contributed by atoms with Crippen molar-refractivity contribution in [2.24, 2.45) is 0 Å². The van der Waals surface area contributed by atoms with E-state index in [-0.39, 0.29) is 0 Å². The molecule has 0 aliphatic rings. The summed E-state index contributed by atoms with van der Waals surface area (Å²) in [4.78, 5) is 4.57. The van der Waals surface area contributed by atoms with Crippen LogP contribution in [0, 0.1) is 0 Å². The zero-order valence-electron chi connectivity index (χ0n) is 16.3. The molecular formula is C21H21N7S. The molecule has 146 valence electrons.